The fraction of sp³-hybridized carbons (Fsp3) is 0.364. The number of hydrogen-bond donors (Lipinski definition) is 2. The number of carbonyl (C=O) groups is 1. The minimum Gasteiger partial charge on any atom is -0.492 e. The summed E-state index contributed by atoms with van der Waals surface area (Å²) in [5, 5.41) is 17.9. The zero-order valence-corrected chi connectivity index (χ0v) is 8.14. The fourth-order valence-electron chi connectivity index (χ4n) is 1.77. The van der Waals surface area contributed by atoms with Crippen LogP contribution in [0.25, 0.3) is 0 Å². The molecule has 0 aromatic heterocycles. The van der Waals surface area contributed by atoms with Crippen LogP contribution in [0, 0.1) is 5.92 Å². The van der Waals surface area contributed by atoms with Gasteiger partial charge in [-0.25, -0.2) is 4.79 Å². The molecule has 1 aliphatic heterocycles. The molecule has 15 heavy (non-hydrogen) atoms. The molecule has 1 aromatic rings. The van der Waals surface area contributed by atoms with Crippen molar-refractivity contribution < 1.29 is 19.7 Å². The van der Waals surface area contributed by atoms with Crippen molar-refractivity contribution in [1.82, 2.24) is 0 Å². The van der Waals surface area contributed by atoms with E-state index in [4.69, 9.17) is 14.9 Å². The van der Waals surface area contributed by atoms with E-state index in [0.29, 0.717) is 18.8 Å². The predicted molar refractivity (Wildman–Crippen MR) is 53.2 cm³/mol. The Morgan fingerprint density at radius 1 is 1.53 bits per heavy atom. The minimum absolute atomic E-state index is 0.0662. The first-order valence-electron chi connectivity index (χ1n) is 4.81. The molecular formula is C11H12O4. The van der Waals surface area contributed by atoms with Gasteiger partial charge in [0.05, 0.1) is 6.61 Å². The van der Waals surface area contributed by atoms with Crippen LogP contribution in [0.2, 0.25) is 0 Å². The van der Waals surface area contributed by atoms with Crippen LogP contribution in [-0.2, 0) is 6.42 Å². The first-order chi connectivity index (χ1) is 7.22. The first-order valence-corrected chi connectivity index (χ1v) is 4.81. The van der Waals surface area contributed by atoms with Gasteiger partial charge >= 0.3 is 5.97 Å². The lowest BCUT2D eigenvalue weighted by Crippen LogP contribution is -2.25. The molecule has 80 valence electrons. The Bertz CT molecular complexity index is 386. The molecule has 0 amide bonds. The molecule has 1 aliphatic rings. The number of aliphatic hydroxyl groups is 1. The normalized spacial score (nSPS) is 19.1. The first kappa shape index (κ1) is 9.98. The van der Waals surface area contributed by atoms with Crippen LogP contribution in [0.4, 0.5) is 0 Å². The zero-order chi connectivity index (χ0) is 10.8. The Hall–Kier alpha value is -1.55. The van der Waals surface area contributed by atoms with Crippen LogP contribution in [-0.4, -0.2) is 29.4 Å². The summed E-state index contributed by atoms with van der Waals surface area (Å²) in [7, 11) is 0. The number of ether oxygens (including phenoxy) is 1. The summed E-state index contributed by atoms with van der Waals surface area (Å²) >= 11 is 0. The second kappa shape index (κ2) is 3.90. The molecule has 0 spiro atoms. The molecule has 0 bridgehead atoms. The van der Waals surface area contributed by atoms with E-state index >= 15 is 0 Å². The monoisotopic (exact) mass is 208 g/mol. The highest BCUT2D eigenvalue weighted by molar-refractivity contribution is 5.91. The second-order valence-corrected chi connectivity index (χ2v) is 3.66. The number of benzene rings is 1. The van der Waals surface area contributed by atoms with Gasteiger partial charge in [-0.05, 0) is 18.1 Å². The molecule has 2 rings (SSSR count). The van der Waals surface area contributed by atoms with E-state index in [1.165, 1.54) is 6.07 Å². The van der Waals surface area contributed by atoms with Gasteiger partial charge in [0.2, 0.25) is 0 Å². The summed E-state index contributed by atoms with van der Waals surface area (Å²) in [4.78, 5) is 10.9. The number of hydrogen-bond acceptors (Lipinski definition) is 3. The largest absolute Gasteiger partial charge is 0.492 e. The Labute approximate surface area is 87.1 Å². The van der Waals surface area contributed by atoms with Crippen LogP contribution in [0.3, 0.4) is 0 Å². The highest BCUT2D eigenvalue weighted by Crippen LogP contribution is 2.30. The molecule has 1 unspecified atom stereocenters. The van der Waals surface area contributed by atoms with E-state index in [2.05, 4.69) is 0 Å². The minimum atomic E-state index is -0.978. The summed E-state index contributed by atoms with van der Waals surface area (Å²) in [6, 6.07) is 5.06. The standard InChI is InChI=1S/C11H12O4/c12-5-7-4-8-2-1-3-9(11(13)14)10(8)15-6-7/h1-3,7,12H,4-6H2,(H,13,14). The van der Waals surface area contributed by atoms with Gasteiger partial charge in [-0.1, -0.05) is 12.1 Å². The number of aromatic carboxylic acids is 1. The van der Waals surface area contributed by atoms with Crippen LogP contribution >= 0.6 is 0 Å². The molecule has 1 atom stereocenters. The molecule has 0 saturated carbocycles. The summed E-state index contributed by atoms with van der Waals surface area (Å²) in [6.07, 6.45) is 0.674. The number of carboxylic acid groups (broad SMARTS) is 1. The number of rotatable bonds is 2. The maximum absolute atomic E-state index is 10.9. The zero-order valence-electron chi connectivity index (χ0n) is 8.14. The average Bonchev–Trinajstić information content (AvgIpc) is 2.27. The third-order valence-corrected chi connectivity index (χ3v) is 2.56. The molecule has 0 aliphatic carbocycles. The van der Waals surface area contributed by atoms with Crippen LogP contribution in [0.15, 0.2) is 18.2 Å². The molecular weight excluding hydrogens is 196 g/mol. The Balaban J connectivity index is 2.37. The molecule has 0 saturated heterocycles. The summed E-state index contributed by atoms with van der Waals surface area (Å²) in [5.74, 6) is -0.453. The van der Waals surface area contributed by atoms with Crippen LogP contribution in [0.5, 0.6) is 5.75 Å². The average molecular weight is 208 g/mol. The molecule has 4 heteroatoms. The van der Waals surface area contributed by atoms with E-state index in [1.807, 2.05) is 6.07 Å². The number of fused-ring (bicyclic) bond motifs is 1. The maximum Gasteiger partial charge on any atom is 0.339 e. The van der Waals surface area contributed by atoms with Gasteiger partial charge in [0.1, 0.15) is 11.3 Å². The van der Waals surface area contributed by atoms with E-state index in [-0.39, 0.29) is 18.1 Å². The van der Waals surface area contributed by atoms with Crippen molar-refractivity contribution in [2.24, 2.45) is 5.92 Å². The Morgan fingerprint density at radius 2 is 2.33 bits per heavy atom. The molecule has 1 aromatic carbocycles. The molecule has 4 nitrogen and oxygen atoms in total. The topological polar surface area (TPSA) is 66.8 Å². The molecule has 0 radical (unpaired) electrons. The van der Waals surface area contributed by atoms with Crippen molar-refractivity contribution >= 4 is 5.97 Å². The predicted octanol–water partition coefficient (Wildman–Crippen LogP) is 0.928. The highest BCUT2D eigenvalue weighted by atomic mass is 16.5. The van der Waals surface area contributed by atoms with E-state index in [1.54, 1.807) is 6.07 Å². The van der Waals surface area contributed by atoms with Gasteiger partial charge < -0.3 is 14.9 Å². The van der Waals surface area contributed by atoms with Gasteiger partial charge in [0, 0.05) is 12.5 Å². The van der Waals surface area contributed by atoms with E-state index in [9.17, 15) is 4.79 Å². The summed E-state index contributed by atoms with van der Waals surface area (Å²) < 4.78 is 5.38. The smallest absolute Gasteiger partial charge is 0.339 e. The molecule has 1 heterocycles. The van der Waals surface area contributed by atoms with Gasteiger partial charge in [0.15, 0.2) is 0 Å². The van der Waals surface area contributed by atoms with Crippen LogP contribution < -0.4 is 4.74 Å². The number of aliphatic hydroxyl groups excluding tert-OH is 1. The SMILES string of the molecule is O=C(O)c1cccc2c1OCC(CO)C2. The second-order valence-electron chi connectivity index (χ2n) is 3.66. The van der Waals surface area contributed by atoms with Crippen molar-refractivity contribution in [3.63, 3.8) is 0 Å². The van der Waals surface area contributed by atoms with Crippen molar-refractivity contribution in [3.05, 3.63) is 29.3 Å². The quantitative estimate of drug-likeness (QED) is 0.758. The van der Waals surface area contributed by atoms with Crippen LogP contribution in [0.1, 0.15) is 15.9 Å². The third kappa shape index (κ3) is 1.80. The Morgan fingerprint density at radius 3 is 3.00 bits per heavy atom. The van der Waals surface area contributed by atoms with Crippen molar-refractivity contribution in [2.45, 2.75) is 6.42 Å². The lowest BCUT2D eigenvalue weighted by Gasteiger charge is -2.24. The van der Waals surface area contributed by atoms with Gasteiger partial charge in [-0.3, -0.25) is 0 Å². The summed E-state index contributed by atoms with van der Waals surface area (Å²) in [5.41, 5.74) is 1.06. The third-order valence-electron chi connectivity index (χ3n) is 2.56. The molecule has 0 fully saturated rings. The van der Waals surface area contributed by atoms with E-state index in [0.717, 1.165) is 5.56 Å². The lowest BCUT2D eigenvalue weighted by molar-refractivity contribution is 0.0687. The lowest BCUT2D eigenvalue weighted by atomic mass is 9.95. The van der Waals surface area contributed by atoms with Crippen molar-refractivity contribution in [2.75, 3.05) is 13.2 Å². The van der Waals surface area contributed by atoms with Crippen molar-refractivity contribution in [3.8, 4) is 5.75 Å². The number of carboxylic acids is 1. The highest BCUT2D eigenvalue weighted by Gasteiger charge is 2.23. The Kier molecular flexibility index (Phi) is 2.60. The van der Waals surface area contributed by atoms with E-state index < -0.39 is 5.97 Å². The molecule has 2 N–H and O–H groups in total. The van der Waals surface area contributed by atoms with Gasteiger partial charge in [-0.15, -0.1) is 0 Å². The summed E-state index contributed by atoms with van der Waals surface area (Å²) in [6.45, 7) is 0.449. The van der Waals surface area contributed by atoms with Gasteiger partial charge in [0.25, 0.3) is 0 Å². The number of para-hydroxylation sites is 1. The maximum atomic E-state index is 10.9. The van der Waals surface area contributed by atoms with Crippen molar-refractivity contribution in [1.29, 1.82) is 0 Å². The van der Waals surface area contributed by atoms with Gasteiger partial charge in [-0.2, -0.15) is 0 Å². The fourth-order valence-corrected chi connectivity index (χ4v) is 1.77.